The zero-order valence-electron chi connectivity index (χ0n) is 19.2. The molecule has 0 aliphatic heterocycles. The minimum absolute atomic E-state index is 0.0254. The maximum absolute atomic E-state index is 14.6. The maximum Gasteiger partial charge on any atom is 0.416 e. The summed E-state index contributed by atoms with van der Waals surface area (Å²) in [5.74, 6) is -4.27. The molecule has 0 spiro atoms. The van der Waals surface area contributed by atoms with Crippen molar-refractivity contribution in [3.63, 3.8) is 0 Å². The largest absolute Gasteiger partial charge is 0.416 e. The second-order valence-corrected chi connectivity index (χ2v) is 8.08. The molecular formula is C23H19F5N6O2. The van der Waals surface area contributed by atoms with Gasteiger partial charge < -0.3 is 5.73 Å². The normalized spacial score (nSPS) is 11.8. The van der Waals surface area contributed by atoms with Crippen LogP contribution in [0.2, 0.25) is 0 Å². The fraction of sp³-hybridized carbons (Fsp3) is 0.217. The SMILES string of the molecule is CC(=O)N(C)N(Cc1c(F)cc(C(F)(F)F)cc1F)C(=O)c1ccc2nc(N)c3cnn(C)c3c2c1. The van der Waals surface area contributed by atoms with Crippen LogP contribution in [-0.4, -0.2) is 43.6 Å². The standard InChI is InChI=1S/C23H19F5N6O2/c1-11(35)33(3)34(10-16-17(24)7-13(8-18(16)25)23(26,27)28)22(36)12-4-5-19-14(6-12)20-15(21(29)31-19)9-30-32(20)2/h4-9H,10H2,1-3H3,(H2,29,31). The average molecular weight is 506 g/mol. The Morgan fingerprint density at radius 1 is 1.08 bits per heavy atom. The fourth-order valence-corrected chi connectivity index (χ4v) is 3.79. The van der Waals surface area contributed by atoms with E-state index in [0.717, 1.165) is 16.9 Å². The van der Waals surface area contributed by atoms with Crippen LogP contribution in [-0.2, 0) is 24.6 Å². The molecule has 2 aromatic carbocycles. The summed E-state index contributed by atoms with van der Waals surface area (Å²) in [4.78, 5) is 29.8. The van der Waals surface area contributed by atoms with E-state index >= 15 is 0 Å². The number of fused-ring (bicyclic) bond motifs is 3. The summed E-state index contributed by atoms with van der Waals surface area (Å²) in [7, 11) is 2.87. The number of carbonyl (C=O) groups excluding carboxylic acids is 2. The topological polar surface area (TPSA) is 97.3 Å². The van der Waals surface area contributed by atoms with Crippen LogP contribution in [0.3, 0.4) is 0 Å². The molecule has 4 aromatic rings. The molecule has 0 fully saturated rings. The molecule has 0 saturated carbocycles. The molecule has 0 saturated heterocycles. The van der Waals surface area contributed by atoms with E-state index in [1.54, 1.807) is 7.05 Å². The van der Waals surface area contributed by atoms with Gasteiger partial charge in [0.1, 0.15) is 17.5 Å². The van der Waals surface area contributed by atoms with Gasteiger partial charge >= 0.3 is 6.18 Å². The number of rotatable bonds is 3. The van der Waals surface area contributed by atoms with E-state index in [0.29, 0.717) is 21.8 Å². The van der Waals surface area contributed by atoms with Crippen molar-refractivity contribution in [2.45, 2.75) is 19.6 Å². The van der Waals surface area contributed by atoms with Crippen molar-refractivity contribution in [2.24, 2.45) is 7.05 Å². The van der Waals surface area contributed by atoms with Crippen LogP contribution in [0.15, 0.2) is 36.5 Å². The Balaban J connectivity index is 1.80. The molecule has 4 rings (SSSR count). The molecule has 0 aliphatic rings. The third kappa shape index (κ3) is 4.27. The number of hydrazine groups is 1. The number of nitrogen functional groups attached to an aromatic ring is 1. The monoisotopic (exact) mass is 506 g/mol. The summed E-state index contributed by atoms with van der Waals surface area (Å²) in [6, 6.07) is 4.64. The van der Waals surface area contributed by atoms with Crippen molar-refractivity contribution in [1.29, 1.82) is 0 Å². The van der Waals surface area contributed by atoms with Crippen molar-refractivity contribution in [3.8, 4) is 0 Å². The molecule has 0 atom stereocenters. The first-order valence-corrected chi connectivity index (χ1v) is 10.4. The Hall–Kier alpha value is -4.29. The van der Waals surface area contributed by atoms with E-state index in [2.05, 4.69) is 10.1 Å². The van der Waals surface area contributed by atoms with Crippen molar-refractivity contribution >= 4 is 39.4 Å². The Bertz CT molecular complexity index is 1510. The van der Waals surface area contributed by atoms with Gasteiger partial charge in [0.25, 0.3) is 5.91 Å². The van der Waals surface area contributed by atoms with Gasteiger partial charge in [-0.3, -0.25) is 19.3 Å². The minimum Gasteiger partial charge on any atom is -0.383 e. The summed E-state index contributed by atoms with van der Waals surface area (Å²) in [5.41, 5.74) is 4.71. The van der Waals surface area contributed by atoms with E-state index in [-0.39, 0.29) is 23.5 Å². The minimum atomic E-state index is -4.97. The first kappa shape index (κ1) is 24.8. The number of alkyl halides is 3. The van der Waals surface area contributed by atoms with E-state index in [9.17, 15) is 31.5 Å². The Morgan fingerprint density at radius 2 is 1.72 bits per heavy atom. The number of hydrogen-bond donors (Lipinski definition) is 1. The molecule has 8 nitrogen and oxygen atoms in total. The number of halogens is 5. The molecule has 0 radical (unpaired) electrons. The van der Waals surface area contributed by atoms with Gasteiger partial charge in [-0.25, -0.2) is 18.8 Å². The Labute approximate surface area is 200 Å². The van der Waals surface area contributed by atoms with Crippen LogP contribution in [0.5, 0.6) is 0 Å². The predicted molar refractivity (Wildman–Crippen MR) is 120 cm³/mol. The second kappa shape index (κ2) is 8.73. The number of nitrogens with two attached hydrogens (primary N) is 1. The van der Waals surface area contributed by atoms with Crippen LogP contribution in [0.1, 0.15) is 28.4 Å². The van der Waals surface area contributed by atoms with Crippen molar-refractivity contribution < 1.29 is 31.5 Å². The number of aromatic nitrogens is 3. The van der Waals surface area contributed by atoms with Gasteiger partial charge in [-0.2, -0.15) is 18.3 Å². The van der Waals surface area contributed by atoms with E-state index in [1.807, 2.05) is 0 Å². The van der Waals surface area contributed by atoms with Gasteiger partial charge in [0.05, 0.1) is 34.7 Å². The molecule has 2 heterocycles. The fourth-order valence-electron chi connectivity index (χ4n) is 3.79. The second-order valence-electron chi connectivity index (χ2n) is 8.08. The zero-order chi connectivity index (χ0) is 26.5. The maximum atomic E-state index is 14.6. The number of pyridine rings is 1. The molecule has 2 amide bonds. The lowest BCUT2D eigenvalue weighted by atomic mass is 10.1. The Morgan fingerprint density at radius 3 is 2.31 bits per heavy atom. The molecule has 0 bridgehead atoms. The summed E-state index contributed by atoms with van der Waals surface area (Å²) in [6.45, 7) is 0.274. The van der Waals surface area contributed by atoms with Crippen LogP contribution in [0.4, 0.5) is 27.8 Å². The van der Waals surface area contributed by atoms with Gasteiger partial charge in [-0.15, -0.1) is 0 Å². The number of anilines is 1. The molecule has 188 valence electrons. The van der Waals surface area contributed by atoms with Crippen LogP contribution in [0.25, 0.3) is 21.8 Å². The van der Waals surface area contributed by atoms with Gasteiger partial charge in [0.15, 0.2) is 0 Å². The summed E-state index contributed by atoms with van der Waals surface area (Å²) in [6.07, 6.45) is -3.46. The van der Waals surface area contributed by atoms with Crippen LogP contribution < -0.4 is 5.73 Å². The van der Waals surface area contributed by atoms with Crippen LogP contribution in [0, 0.1) is 11.6 Å². The summed E-state index contributed by atoms with van der Waals surface area (Å²) >= 11 is 0. The number of hydrogen-bond acceptors (Lipinski definition) is 5. The van der Waals surface area contributed by atoms with Crippen molar-refractivity contribution in [1.82, 2.24) is 24.8 Å². The number of aryl methyl sites for hydroxylation is 1. The summed E-state index contributed by atoms with van der Waals surface area (Å²) in [5, 5.41) is 6.76. The summed E-state index contributed by atoms with van der Waals surface area (Å²) < 4.78 is 69.4. The molecule has 0 aliphatic carbocycles. The number of benzene rings is 2. The predicted octanol–water partition coefficient (Wildman–Crippen LogP) is 4.04. The van der Waals surface area contributed by atoms with Gasteiger partial charge in [0.2, 0.25) is 5.91 Å². The van der Waals surface area contributed by atoms with E-state index < -0.39 is 47.3 Å². The zero-order valence-corrected chi connectivity index (χ0v) is 19.2. The number of amides is 2. The number of carbonyl (C=O) groups is 2. The smallest absolute Gasteiger partial charge is 0.383 e. The lowest BCUT2D eigenvalue weighted by Gasteiger charge is -2.31. The molecule has 2 N–H and O–H groups in total. The van der Waals surface area contributed by atoms with Gasteiger partial charge in [-0.1, -0.05) is 0 Å². The first-order chi connectivity index (χ1) is 16.8. The molecule has 2 aromatic heterocycles. The highest BCUT2D eigenvalue weighted by molar-refractivity contribution is 6.10. The lowest BCUT2D eigenvalue weighted by Crippen LogP contribution is -2.46. The van der Waals surface area contributed by atoms with E-state index in [1.165, 1.54) is 36.1 Å². The average Bonchev–Trinajstić information content (AvgIpc) is 3.19. The van der Waals surface area contributed by atoms with Gasteiger partial charge in [-0.05, 0) is 30.3 Å². The number of nitrogens with zero attached hydrogens (tertiary/aromatic N) is 5. The molecular weight excluding hydrogens is 487 g/mol. The molecule has 0 unspecified atom stereocenters. The van der Waals surface area contributed by atoms with Gasteiger partial charge in [0, 0.05) is 37.5 Å². The quantitative estimate of drug-likeness (QED) is 0.334. The third-order valence-corrected chi connectivity index (χ3v) is 5.78. The van der Waals surface area contributed by atoms with Crippen molar-refractivity contribution in [2.75, 3.05) is 12.8 Å². The van der Waals surface area contributed by atoms with Crippen molar-refractivity contribution in [3.05, 3.63) is 64.9 Å². The molecule has 36 heavy (non-hydrogen) atoms. The Kier molecular flexibility index (Phi) is 6.02. The van der Waals surface area contributed by atoms with E-state index in [4.69, 9.17) is 5.73 Å². The first-order valence-electron chi connectivity index (χ1n) is 10.4. The highest BCUT2D eigenvalue weighted by Crippen LogP contribution is 2.32. The molecule has 13 heteroatoms. The van der Waals surface area contributed by atoms with Crippen LogP contribution >= 0.6 is 0 Å². The third-order valence-electron chi connectivity index (χ3n) is 5.78. The highest BCUT2D eigenvalue weighted by atomic mass is 19.4. The lowest BCUT2D eigenvalue weighted by molar-refractivity contribution is -0.140. The highest BCUT2D eigenvalue weighted by Gasteiger charge is 2.34.